The maximum Gasteiger partial charge on any atom is 0.160 e. The molecule has 0 aliphatic rings. The third-order valence-electron chi connectivity index (χ3n) is 12.2. The highest BCUT2D eigenvalue weighted by atomic mass is 15.0. The zero-order valence-corrected chi connectivity index (χ0v) is 34.2. The Morgan fingerprint density at radius 1 is 0.317 bits per heavy atom. The lowest BCUT2D eigenvalue weighted by atomic mass is 9.94. The molecule has 63 heavy (non-hydrogen) atoms. The van der Waals surface area contributed by atoms with E-state index in [0.717, 1.165) is 94.6 Å². The van der Waals surface area contributed by atoms with Gasteiger partial charge in [0.2, 0.25) is 0 Å². The summed E-state index contributed by atoms with van der Waals surface area (Å²) in [6.07, 6.45) is 0. The van der Waals surface area contributed by atoms with Gasteiger partial charge in [-0.3, -0.25) is 0 Å². The van der Waals surface area contributed by atoms with Crippen LogP contribution in [0.15, 0.2) is 231 Å². The van der Waals surface area contributed by atoms with Crippen molar-refractivity contribution < 1.29 is 0 Å². The minimum atomic E-state index is 0.690. The van der Waals surface area contributed by atoms with Crippen LogP contribution >= 0.6 is 0 Å². The summed E-state index contributed by atoms with van der Waals surface area (Å²) in [5, 5.41) is 5.88. The molecule has 0 aliphatic carbocycles. The molecule has 0 fully saturated rings. The van der Waals surface area contributed by atoms with Crippen molar-refractivity contribution in [3.63, 3.8) is 0 Å². The van der Waals surface area contributed by atoms with Crippen LogP contribution in [0.25, 0.3) is 117 Å². The van der Waals surface area contributed by atoms with Gasteiger partial charge in [0.25, 0.3) is 0 Å². The molecule has 0 bridgehead atoms. The maximum atomic E-state index is 5.39. The van der Waals surface area contributed by atoms with Crippen molar-refractivity contribution in [1.82, 2.24) is 19.5 Å². The number of hydrogen-bond acceptors (Lipinski definition) is 3. The van der Waals surface area contributed by atoms with Crippen LogP contribution in [0.4, 0.5) is 0 Å². The third-order valence-corrected chi connectivity index (χ3v) is 12.2. The Kier molecular flexibility index (Phi) is 8.79. The topological polar surface area (TPSA) is 43.6 Å². The first-order valence-corrected chi connectivity index (χ1v) is 21.4. The van der Waals surface area contributed by atoms with Crippen molar-refractivity contribution in [3.05, 3.63) is 231 Å². The molecule has 4 heteroatoms. The fraction of sp³-hybridized carbons (Fsp3) is 0. The molecule has 0 spiro atoms. The van der Waals surface area contributed by atoms with Gasteiger partial charge in [-0.1, -0.05) is 188 Å². The molecule has 294 valence electrons. The van der Waals surface area contributed by atoms with E-state index >= 15 is 0 Å². The lowest BCUT2D eigenvalue weighted by Gasteiger charge is -2.13. The van der Waals surface area contributed by atoms with Gasteiger partial charge in [0.1, 0.15) is 0 Å². The van der Waals surface area contributed by atoms with Gasteiger partial charge in [-0.25, -0.2) is 15.0 Å². The van der Waals surface area contributed by atoms with Crippen LogP contribution in [-0.2, 0) is 0 Å². The van der Waals surface area contributed by atoms with Crippen LogP contribution in [0.3, 0.4) is 0 Å². The Morgan fingerprint density at radius 3 is 1.52 bits per heavy atom. The highest BCUT2D eigenvalue weighted by molar-refractivity contribution is 6.29. The summed E-state index contributed by atoms with van der Waals surface area (Å²) in [5.74, 6) is 0.690. The molecule has 0 unspecified atom stereocenters. The molecule has 12 rings (SSSR count). The Hall–Kier alpha value is -8.47. The van der Waals surface area contributed by atoms with E-state index in [1.54, 1.807) is 0 Å². The second kappa shape index (κ2) is 15.2. The van der Waals surface area contributed by atoms with Gasteiger partial charge in [0.05, 0.1) is 33.6 Å². The molecule has 12 aromatic rings. The van der Waals surface area contributed by atoms with Crippen LogP contribution < -0.4 is 0 Å². The van der Waals surface area contributed by atoms with E-state index in [4.69, 9.17) is 15.0 Å². The summed E-state index contributed by atoms with van der Waals surface area (Å²) in [4.78, 5) is 15.7. The zero-order valence-electron chi connectivity index (χ0n) is 34.2. The predicted molar refractivity (Wildman–Crippen MR) is 262 cm³/mol. The summed E-state index contributed by atoms with van der Waals surface area (Å²) in [5.41, 5.74) is 15.8. The first kappa shape index (κ1) is 36.4. The third kappa shape index (κ3) is 6.36. The van der Waals surface area contributed by atoms with Crippen LogP contribution in [-0.4, -0.2) is 19.5 Å². The normalized spacial score (nSPS) is 11.5. The van der Waals surface area contributed by atoms with Crippen LogP contribution in [0.2, 0.25) is 0 Å². The molecule has 4 nitrogen and oxygen atoms in total. The molecule has 0 N–H and O–H groups in total. The van der Waals surface area contributed by atoms with Gasteiger partial charge in [0, 0.05) is 55.0 Å². The summed E-state index contributed by atoms with van der Waals surface area (Å²) in [6, 6.07) is 81.5. The number of pyridine rings is 1. The van der Waals surface area contributed by atoms with Crippen molar-refractivity contribution in [2.24, 2.45) is 0 Å². The quantitative estimate of drug-likeness (QED) is 0.151. The molecule has 3 aromatic heterocycles. The summed E-state index contributed by atoms with van der Waals surface area (Å²) >= 11 is 0. The van der Waals surface area contributed by atoms with E-state index in [-0.39, 0.29) is 0 Å². The molecule has 0 saturated heterocycles. The standard InChI is InChI=1S/C59H38N4/c1-5-18-39(19-6-1)52-38-53(40-20-7-2-8-21-40)62-59(61-52)45-27-16-25-43(37-45)42-24-15-26-44(36-42)47-31-17-32-50-55-54(63(58(47)50)46-28-11-4-12-29-46)35-34-49-48-30-13-14-33-51(48)60-57(56(49)55)41-22-9-3-10-23-41/h1-38H. The average molecular weight is 803 g/mol. The second-order valence-electron chi connectivity index (χ2n) is 16.0. The predicted octanol–water partition coefficient (Wildman–Crippen LogP) is 15.3. The number of benzene rings is 9. The molecular formula is C59H38N4. The molecule has 3 heterocycles. The lowest BCUT2D eigenvalue weighted by molar-refractivity contribution is 1.18. The zero-order chi connectivity index (χ0) is 41.7. The van der Waals surface area contributed by atoms with Gasteiger partial charge < -0.3 is 4.57 Å². The van der Waals surface area contributed by atoms with Gasteiger partial charge in [-0.05, 0) is 64.5 Å². The van der Waals surface area contributed by atoms with Gasteiger partial charge >= 0.3 is 0 Å². The van der Waals surface area contributed by atoms with Crippen molar-refractivity contribution >= 4 is 43.5 Å². The molecule has 0 radical (unpaired) electrons. The largest absolute Gasteiger partial charge is 0.309 e. The highest BCUT2D eigenvalue weighted by Crippen LogP contribution is 2.45. The summed E-state index contributed by atoms with van der Waals surface area (Å²) in [7, 11) is 0. The Labute approximate surface area is 365 Å². The minimum Gasteiger partial charge on any atom is -0.309 e. The van der Waals surface area contributed by atoms with E-state index in [0.29, 0.717) is 5.82 Å². The van der Waals surface area contributed by atoms with Crippen molar-refractivity contribution in [2.45, 2.75) is 0 Å². The lowest BCUT2D eigenvalue weighted by Crippen LogP contribution is -1.96. The SMILES string of the molecule is c1ccc(-c2cc(-c3ccccc3)nc(-c3cccc(-c4cccc(-c5cccc6c7c8c(-c9ccccc9)nc9ccccc9c8ccc7n(-c7ccccc7)c56)c4)c3)n2)cc1. The number of para-hydroxylation sites is 3. The van der Waals surface area contributed by atoms with Crippen LogP contribution in [0.5, 0.6) is 0 Å². The number of fused-ring (bicyclic) bond motifs is 7. The highest BCUT2D eigenvalue weighted by Gasteiger charge is 2.22. The molecule has 9 aromatic carbocycles. The van der Waals surface area contributed by atoms with Gasteiger partial charge in [-0.15, -0.1) is 0 Å². The first-order chi connectivity index (χ1) is 31.2. The van der Waals surface area contributed by atoms with Crippen LogP contribution in [0, 0.1) is 0 Å². The van der Waals surface area contributed by atoms with E-state index in [1.807, 2.05) is 12.1 Å². The molecule has 0 atom stereocenters. The van der Waals surface area contributed by atoms with E-state index < -0.39 is 0 Å². The summed E-state index contributed by atoms with van der Waals surface area (Å²) in [6.45, 7) is 0. The number of nitrogens with zero attached hydrogens (tertiary/aromatic N) is 4. The molecule has 0 saturated carbocycles. The number of aromatic nitrogens is 4. The van der Waals surface area contributed by atoms with Crippen molar-refractivity contribution in [2.75, 3.05) is 0 Å². The Balaban J connectivity index is 1.06. The van der Waals surface area contributed by atoms with Crippen molar-refractivity contribution in [3.8, 4) is 73.1 Å². The monoisotopic (exact) mass is 802 g/mol. The first-order valence-electron chi connectivity index (χ1n) is 21.4. The number of rotatable bonds is 7. The van der Waals surface area contributed by atoms with E-state index in [2.05, 4.69) is 223 Å². The fourth-order valence-electron chi connectivity index (χ4n) is 9.28. The second-order valence-corrected chi connectivity index (χ2v) is 16.0. The van der Waals surface area contributed by atoms with Crippen LogP contribution in [0.1, 0.15) is 0 Å². The number of hydrogen-bond donors (Lipinski definition) is 0. The van der Waals surface area contributed by atoms with Crippen molar-refractivity contribution in [1.29, 1.82) is 0 Å². The maximum absolute atomic E-state index is 5.39. The van der Waals surface area contributed by atoms with Gasteiger partial charge in [-0.2, -0.15) is 0 Å². The molecular weight excluding hydrogens is 765 g/mol. The Morgan fingerprint density at radius 2 is 0.841 bits per heavy atom. The smallest absolute Gasteiger partial charge is 0.160 e. The van der Waals surface area contributed by atoms with Gasteiger partial charge in [0.15, 0.2) is 5.82 Å². The van der Waals surface area contributed by atoms with E-state index in [9.17, 15) is 0 Å². The minimum absolute atomic E-state index is 0.690. The summed E-state index contributed by atoms with van der Waals surface area (Å²) < 4.78 is 2.44. The average Bonchev–Trinajstić information content (AvgIpc) is 3.72. The Bertz CT molecular complexity index is 3600. The fourth-order valence-corrected chi connectivity index (χ4v) is 9.28. The van der Waals surface area contributed by atoms with E-state index in [1.165, 1.54) is 16.2 Å². The molecule has 0 aliphatic heterocycles. The molecule has 0 amide bonds.